The van der Waals surface area contributed by atoms with E-state index in [1.54, 1.807) is 0 Å². The highest BCUT2D eigenvalue weighted by molar-refractivity contribution is 5.94. The van der Waals surface area contributed by atoms with Gasteiger partial charge in [-0.1, -0.05) is 19.9 Å². The Kier molecular flexibility index (Phi) is 4.93. The molecule has 0 aromatic heterocycles. The van der Waals surface area contributed by atoms with Gasteiger partial charge in [-0.3, -0.25) is 4.79 Å². The second-order valence-electron chi connectivity index (χ2n) is 5.31. The number of hydrogen-bond acceptors (Lipinski definition) is 3. The third kappa shape index (κ3) is 4.04. The van der Waals surface area contributed by atoms with Gasteiger partial charge in [0.25, 0.3) is 5.91 Å². The molecule has 1 aliphatic heterocycles. The van der Waals surface area contributed by atoms with Gasteiger partial charge in [-0.15, -0.1) is 0 Å². The van der Waals surface area contributed by atoms with Crippen molar-refractivity contribution in [2.75, 3.05) is 19.8 Å². The number of ether oxygens (including phenoxy) is 1. The molecule has 0 spiro atoms. The van der Waals surface area contributed by atoms with Crippen LogP contribution in [0.15, 0.2) is 18.2 Å². The van der Waals surface area contributed by atoms with E-state index < -0.39 is 0 Å². The van der Waals surface area contributed by atoms with Crippen molar-refractivity contribution in [1.82, 2.24) is 10.6 Å². The Morgan fingerprint density at radius 3 is 2.95 bits per heavy atom. The van der Waals surface area contributed by atoms with Crippen LogP contribution in [0.2, 0.25) is 0 Å². The second kappa shape index (κ2) is 6.68. The third-order valence-corrected chi connectivity index (χ3v) is 3.08. The standard InChI is InChI=1S/C15H22N2O2/c1-11(2)10-19-6-5-17-15(18)12-3-4-13-8-16-9-14(13)7-12/h3-4,7,11,16H,5-6,8-10H2,1-2H3,(H,17,18). The summed E-state index contributed by atoms with van der Waals surface area (Å²) in [5.41, 5.74) is 3.24. The Morgan fingerprint density at radius 2 is 2.16 bits per heavy atom. The Balaban J connectivity index is 1.77. The van der Waals surface area contributed by atoms with Crippen molar-refractivity contribution in [3.05, 3.63) is 34.9 Å². The van der Waals surface area contributed by atoms with E-state index in [2.05, 4.69) is 24.5 Å². The molecule has 1 aromatic carbocycles. The minimum atomic E-state index is -0.0251. The maximum absolute atomic E-state index is 12.0. The monoisotopic (exact) mass is 262 g/mol. The lowest BCUT2D eigenvalue weighted by Crippen LogP contribution is -2.27. The van der Waals surface area contributed by atoms with Crippen LogP contribution in [0.5, 0.6) is 0 Å². The number of hydrogen-bond donors (Lipinski definition) is 2. The molecule has 4 heteroatoms. The predicted molar refractivity (Wildman–Crippen MR) is 75.0 cm³/mol. The van der Waals surface area contributed by atoms with E-state index in [-0.39, 0.29) is 5.91 Å². The first kappa shape index (κ1) is 14.0. The molecule has 0 aliphatic carbocycles. The molecule has 0 bridgehead atoms. The molecule has 0 unspecified atom stereocenters. The largest absolute Gasteiger partial charge is 0.379 e. The summed E-state index contributed by atoms with van der Waals surface area (Å²) in [5.74, 6) is 0.503. The number of carbonyl (C=O) groups excluding carboxylic acids is 1. The summed E-state index contributed by atoms with van der Waals surface area (Å²) in [6.45, 7) is 7.83. The molecular formula is C15H22N2O2. The molecule has 0 fully saturated rings. The van der Waals surface area contributed by atoms with Gasteiger partial charge < -0.3 is 15.4 Å². The van der Waals surface area contributed by atoms with Gasteiger partial charge in [0.15, 0.2) is 0 Å². The molecular weight excluding hydrogens is 240 g/mol. The minimum absolute atomic E-state index is 0.0251. The number of benzene rings is 1. The van der Waals surface area contributed by atoms with Crippen LogP contribution in [0.4, 0.5) is 0 Å². The Labute approximate surface area is 114 Å². The number of nitrogens with one attached hydrogen (secondary N) is 2. The maximum Gasteiger partial charge on any atom is 0.251 e. The zero-order chi connectivity index (χ0) is 13.7. The SMILES string of the molecule is CC(C)COCCNC(=O)c1ccc2c(c1)CNC2. The number of carbonyl (C=O) groups is 1. The van der Waals surface area contributed by atoms with Gasteiger partial charge in [-0.05, 0) is 29.2 Å². The van der Waals surface area contributed by atoms with Crippen LogP contribution in [0, 0.1) is 5.92 Å². The summed E-state index contributed by atoms with van der Waals surface area (Å²) in [4.78, 5) is 12.0. The van der Waals surface area contributed by atoms with Crippen molar-refractivity contribution in [3.8, 4) is 0 Å². The fraction of sp³-hybridized carbons (Fsp3) is 0.533. The van der Waals surface area contributed by atoms with E-state index in [4.69, 9.17) is 4.74 Å². The van der Waals surface area contributed by atoms with Crippen LogP contribution >= 0.6 is 0 Å². The number of fused-ring (bicyclic) bond motifs is 1. The lowest BCUT2D eigenvalue weighted by molar-refractivity contribution is 0.0886. The molecule has 0 saturated carbocycles. The Morgan fingerprint density at radius 1 is 1.37 bits per heavy atom. The lowest BCUT2D eigenvalue weighted by Gasteiger charge is -2.09. The third-order valence-electron chi connectivity index (χ3n) is 3.08. The fourth-order valence-electron chi connectivity index (χ4n) is 2.09. The summed E-state index contributed by atoms with van der Waals surface area (Å²) in [7, 11) is 0. The molecule has 2 rings (SSSR count). The van der Waals surface area contributed by atoms with Gasteiger partial charge in [0.05, 0.1) is 6.61 Å². The zero-order valence-electron chi connectivity index (χ0n) is 11.7. The zero-order valence-corrected chi connectivity index (χ0v) is 11.7. The maximum atomic E-state index is 12.0. The van der Waals surface area contributed by atoms with E-state index in [1.807, 2.05) is 18.2 Å². The van der Waals surface area contributed by atoms with E-state index in [1.165, 1.54) is 11.1 Å². The highest BCUT2D eigenvalue weighted by atomic mass is 16.5. The molecule has 0 radical (unpaired) electrons. The molecule has 1 heterocycles. The fourth-order valence-corrected chi connectivity index (χ4v) is 2.09. The van der Waals surface area contributed by atoms with Crippen LogP contribution < -0.4 is 10.6 Å². The predicted octanol–water partition coefficient (Wildman–Crippen LogP) is 1.69. The molecule has 0 atom stereocenters. The smallest absolute Gasteiger partial charge is 0.251 e. The van der Waals surface area contributed by atoms with Crippen LogP contribution in [-0.2, 0) is 17.8 Å². The van der Waals surface area contributed by atoms with E-state index in [0.717, 1.165) is 25.3 Å². The molecule has 1 aliphatic rings. The second-order valence-corrected chi connectivity index (χ2v) is 5.31. The van der Waals surface area contributed by atoms with E-state index in [0.29, 0.717) is 19.1 Å². The number of amides is 1. The summed E-state index contributed by atoms with van der Waals surface area (Å²) in [5, 5.41) is 6.15. The van der Waals surface area contributed by atoms with Crippen molar-refractivity contribution in [2.45, 2.75) is 26.9 Å². The minimum Gasteiger partial charge on any atom is -0.379 e. The first-order valence-electron chi connectivity index (χ1n) is 6.85. The van der Waals surface area contributed by atoms with Crippen LogP contribution in [-0.4, -0.2) is 25.7 Å². The van der Waals surface area contributed by atoms with Gasteiger partial charge in [0, 0.05) is 31.8 Å². The highest BCUT2D eigenvalue weighted by Crippen LogP contribution is 2.16. The van der Waals surface area contributed by atoms with E-state index >= 15 is 0 Å². The summed E-state index contributed by atoms with van der Waals surface area (Å²) >= 11 is 0. The van der Waals surface area contributed by atoms with Crippen molar-refractivity contribution in [3.63, 3.8) is 0 Å². The topological polar surface area (TPSA) is 50.4 Å². The van der Waals surface area contributed by atoms with Gasteiger partial charge in [-0.2, -0.15) is 0 Å². The molecule has 0 saturated heterocycles. The van der Waals surface area contributed by atoms with Crippen LogP contribution in [0.25, 0.3) is 0 Å². The average Bonchev–Trinajstić information content (AvgIpc) is 2.84. The lowest BCUT2D eigenvalue weighted by atomic mass is 10.1. The Bertz CT molecular complexity index is 444. The van der Waals surface area contributed by atoms with Crippen molar-refractivity contribution in [1.29, 1.82) is 0 Å². The van der Waals surface area contributed by atoms with Gasteiger partial charge >= 0.3 is 0 Å². The molecule has 1 amide bonds. The summed E-state index contributed by atoms with van der Waals surface area (Å²) in [6, 6.07) is 5.88. The normalized spacial score (nSPS) is 13.6. The van der Waals surface area contributed by atoms with Gasteiger partial charge in [0.1, 0.15) is 0 Å². The van der Waals surface area contributed by atoms with Crippen LogP contribution in [0.1, 0.15) is 35.3 Å². The average molecular weight is 262 g/mol. The van der Waals surface area contributed by atoms with Gasteiger partial charge in [-0.25, -0.2) is 0 Å². The molecule has 2 N–H and O–H groups in total. The first-order valence-corrected chi connectivity index (χ1v) is 6.85. The quantitative estimate of drug-likeness (QED) is 0.767. The molecule has 104 valence electrons. The van der Waals surface area contributed by atoms with Crippen molar-refractivity contribution < 1.29 is 9.53 Å². The van der Waals surface area contributed by atoms with Gasteiger partial charge in [0.2, 0.25) is 0 Å². The van der Waals surface area contributed by atoms with Crippen molar-refractivity contribution >= 4 is 5.91 Å². The van der Waals surface area contributed by atoms with Crippen molar-refractivity contribution in [2.24, 2.45) is 5.92 Å². The highest BCUT2D eigenvalue weighted by Gasteiger charge is 2.13. The molecule has 1 aromatic rings. The Hall–Kier alpha value is -1.39. The molecule has 19 heavy (non-hydrogen) atoms. The van der Waals surface area contributed by atoms with Crippen LogP contribution in [0.3, 0.4) is 0 Å². The summed E-state index contributed by atoms with van der Waals surface area (Å²) < 4.78 is 5.43. The summed E-state index contributed by atoms with van der Waals surface area (Å²) in [6.07, 6.45) is 0. The molecule has 4 nitrogen and oxygen atoms in total. The first-order chi connectivity index (χ1) is 9.16. The number of rotatable bonds is 6. The van der Waals surface area contributed by atoms with E-state index in [9.17, 15) is 4.79 Å².